The summed E-state index contributed by atoms with van der Waals surface area (Å²) >= 11 is 7.63. The van der Waals surface area contributed by atoms with Gasteiger partial charge in [-0.15, -0.1) is 35.3 Å². The zero-order chi connectivity index (χ0) is 20.6. The van der Waals surface area contributed by atoms with E-state index >= 15 is 0 Å². The van der Waals surface area contributed by atoms with Crippen molar-refractivity contribution in [2.45, 2.75) is 38.9 Å². The number of aromatic nitrogens is 1. The number of piperidine rings is 1. The monoisotopic (exact) mass is 562 g/mol. The second kappa shape index (κ2) is 12.7. The minimum Gasteiger partial charge on any atom is -0.357 e. The lowest BCUT2D eigenvalue weighted by molar-refractivity contribution is 0.198. The third kappa shape index (κ3) is 7.86. The highest BCUT2D eigenvalue weighted by atomic mass is 127. The molecule has 0 aliphatic carbocycles. The summed E-state index contributed by atoms with van der Waals surface area (Å²) in [7, 11) is 4.02. The Labute approximate surface area is 206 Å². The summed E-state index contributed by atoms with van der Waals surface area (Å²) < 4.78 is 0. The third-order valence-electron chi connectivity index (χ3n) is 4.91. The van der Waals surface area contributed by atoms with Gasteiger partial charge in [0.2, 0.25) is 0 Å². The van der Waals surface area contributed by atoms with Crippen LogP contribution in [-0.2, 0) is 13.1 Å². The molecule has 1 fully saturated rings. The van der Waals surface area contributed by atoms with Crippen molar-refractivity contribution >= 4 is 58.0 Å². The molecule has 6 nitrogen and oxygen atoms in total. The average molecular weight is 563 g/mol. The van der Waals surface area contributed by atoms with Gasteiger partial charge in [0.25, 0.3) is 0 Å². The Kier molecular flexibility index (Phi) is 10.6. The Bertz CT molecular complexity index is 787. The molecular weight excluding hydrogens is 531 g/mol. The van der Waals surface area contributed by atoms with Crippen molar-refractivity contribution in [1.29, 1.82) is 0 Å². The van der Waals surface area contributed by atoms with E-state index in [9.17, 15) is 0 Å². The number of rotatable bonds is 7. The number of nitrogens with zero attached hydrogens (tertiary/aromatic N) is 4. The molecule has 0 atom stereocenters. The molecule has 30 heavy (non-hydrogen) atoms. The lowest BCUT2D eigenvalue weighted by Crippen LogP contribution is -2.48. The summed E-state index contributed by atoms with van der Waals surface area (Å²) in [4.78, 5) is 13.9. The Morgan fingerprint density at radius 3 is 2.57 bits per heavy atom. The van der Waals surface area contributed by atoms with Gasteiger partial charge in [-0.05, 0) is 37.5 Å². The molecule has 0 spiro atoms. The standard InChI is InChI=1S/C21H31ClN6S.HI/c1-4-23-20(24-13-19-15-29-21(26-19)27(2)3)25-18-9-11-28(12-10-18)14-16-5-7-17(22)8-6-16;/h5-8,15,18H,4,9-14H2,1-3H3,(H2,23,24,25);1H. The van der Waals surface area contributed by atoms with Crippen molar-refractivity contribution < 1.29 is 0 Å². The van der Waals surface area contributed by atoms with Crippen LogP contribution in [0.2, 0.25) is 5.02 Å². The zero-order valence-electron chi connectivity index (χ0n) is 17.9. The molecule has 2 aromatic rings. The van der Waals surface area contributed by atoms with E-state index < -0.39 is 0 Å². The SMILES string of the molecule is CCNC(=NCc1csc(N(C)C)n1)NC1CCN(Cc2ccc(Cl)cc2)CC1.I. The lowest BCUT2D eigenvalue weighted by atomic mass is 10.0. The fourth-order valence-corrected chi connectivity index (χ4v) is 4.21. The van der Waals surface area contributed by atoms with Crippen LogP contribution in [0.3, 0.4) is 0 Å². The minimum absolute atomic E-state index is 0. The molecule has 1 aliphatic heterocycles. The molecule has 1 aromatic carbocycles. The van der Waals surface area contributed by atoms with Crippen molar-refractivity contribution in [3.8, 4) is 0 Å². The Hall–Kier alpha value is -1.10. The van der Waals surface area contributed by atoms with Gasteiger partial charge >= 0.3 is 0 Å². The van der Waals surface area contributed by atoms with Crippen molar-refractivity contribution in [3.05, 3.63) is 45.9 Å². The quantitative estimate of drug-likeness (QED) is 0.301. The number of hydrogen-bond acceptors (Lipinski definition) is 5. The van der Waals surface area contributed by atoms with Crippen LogP contribution in [-0.4, -0.2) is 55.6 Å². The maximum atomic E-state index is 5.98. The molecule has 2 heterocycles. The van der Waals surface area contributed by atoms with Crippen LogP contribution in [0.25, 0.3) is 0 Å². The van der Waals surface area contributed by atoms with E-state index in [2.05, 4.69) is 45.0 Å². The maximum absolute atomic E-state index is 5.98. The average Bonchev–Trinajstić information content (AvgIpc) is 3.19. The topological polar surface area (TPSA) is 55.8 Å². The summed E-state index contributed by atoms with van der Waals surface area (Å²) in [6, 6.07) is 8.61. The summed E-state index contributed by atoms with van der Waals surface area (Å²) in [6.45, 7) is 6.68. The second-order valence-corrected chi connectivity index (χ2v) is 8.81. The van der Waals surface area contributed by atoms with E-state index in [1.54, 1.807) is 11.3 Å². The van der Waals surface area contributed by atoms with Crippen LogP contribution in [0.1, 0.15) is 31.0 Å². The van der Waals surface area contributed by atoms with Crippen LogP contribution in [0.5, 0.6) is 0 Å². The van der Waals surface area contributed by atoms with Gasteiger partial charge in [-0.3, -0.25) is 4.90 Å². The molecule has 1 saturated heterocycles. The maximum Gasteiger partial charge on any atom is 0.191 e. The predicted molar refractivity (Wildman–Crippen MR) is 140 cm³/mol. The summed E-state index contributed by atoms with van der Waals surface area (Å²) in [5.74, 6) is 0.878. The van der Waals surface area contributed by atoms with E-state index in [1.807, 2.05) is 31.1 Å². The summed E-state index contributed by atoms with van der Waals surface area (Å²) in [6.07, 6.45) is 2.22. The fraction of sp³-hybridized carbons (Fsp3) is 0.524. The molecule has 1 aromatic heterocycles. The van der Waals surface area contributed by atoms with Crippen LogP contribution >= 0.6 is 46.9 Å². The highest BCUT2D eigenvalue weighted by molar-refractivity contribution is 14.0. The fourth-order valence-electron chi connectivity index (χ4n) is 3.33. The molecule has 0 saturated carbocycles. The predicted octanol–water partition coefficient (Wildman–Crippen LogP) is 4.20. The van der Waals surface area contributed by atoms with E-state index in [0.29, 0.717) is 12.6 Å². The van der Waals surface area contributed by atoms with Gasteiger partial charge in [0.15, 0.2) is 11.1 Å². The number of nitrogens with one attached hydrogen (secondary N) is 2. The van der Waals surface area contributed by atoms with Gasteiger partial charge in [-0.1, -0.05) is 23.7 Å². The second-order valence-electron chi connectivity index (χ2n) is 7.53. The zero-order valence-corrected chi connectivity index (χ0v) is 21.8. The molecule has 0 unspecified atom stereocenters. The van der Waals surface area contributed by atoms with Gasteiger partial charge < -0.3 is 15.5 Å². The number of halogens is 2. The first-order chi connectivity index (χ1) is 14.0. The van der Waals surface area contributed by atoms with Crippen LogP contribution in [0.4, 0.5) is 5.13 Å². The molecule has 0 radical (unpaired) electrons. The van der Waals surface area contributed by atoms with Crippen LogP contribution in [0.15, 0.2) is 34.6 Å². The van der Waals surface area contributed by atoms with Crippen molar-refractivity contribution in [2.24, 2.45) is 4.99 Å². The van der Waals surface area contributed by atoms with Gasteiger partial charge in [0.1, 0.15) is 0 Å². The van der Waals surface area contributed by atoms with Crippen molar-refractivity contribution in [3.63, 3.8) is 0 Å². The van der Waals surface area contributed by atoms with Gasteiger partial charge in [0.05, 0.1) is 12.2 Å². The molecule has 3 rings (SSSR count). The smallest absolute Gasteiger partial charge is 0.191 e. The normalized spacial score (nSPS) is 15.5. The number of likely N-dealkylation sites (tertiary alicyclic amines) is 1. The summed E-state index contributed by atoms with van der Waals surface area (Å²) in [5, 5.41) is 10.9. The molecule has 2 N–H and O–H groups in total. The minimum atomic E-state index is 0. The number of thiazole rings is 1. The van der Waals surface area contributed by atoms with Crippen LogP contribution in [0, 0.1) is 0 Å². The highest BCUT2D eigenvalue weighted by Gasteiger charge is 2.20. The van der Waals surface area contributed by atoms with Crippen molar-refractivity contribution in [1.82, 2.24) is 20.5 Å². The lowest BCUT2D eigenvalue weighted by Gasteiger charge is -2.33. The molecule has 9 heteroatoms. The molecule has 1 aliphatic rings. The molecule has 0 bridgehead atoms. The first kappa shape index (κ1) is 25.2. The van der Waals surface area contributed by atoms with Gasteiger partial charge in [-0.2, -0.15) is 0 Å². The van der Waals surface area contributed by atoms with E-state index in [4.69, 9.17) is 16.6 Å². The first-order valence-corrected chi connectivity index (χ1v) is 11.4. The number of guanidine groups is 1. The number of anilines is 1. The van der Waals surface area contributed by atoms with Crippen molar-refractivity contribution in [2.75, 3.05) is 38.6 Å². The third-order valence-corrected chi connectivity index (χ3v) is 6.22. The van der Waals surface area contributed by atoms with Crippen LogP contribution < -0.4 is 15.5 Å². The van der Waals surface area contributed by atoms with E-state index in [-0.39, 0.29) is 24.0 Å². The van der Waals surface area contributed by atoms with Gasteiger partial charge in [-0.25, -0.2) is 9.98 Å². The first-order valence-electron chi connectivity index (χ1n) is 10.2. The summed E-state index contributed by atoms with van der Waals surface area (Å²) in [5.41, 5.74) is 2.32. The number of hydrogen-bond donors (Lipinski definition) is 2. The molecule has 0 amide bonds. The molecule has 166 valence electrons. The Morgan fingerprint density at radius 2 is 1.97 bits per heavy atom. The molecular formula is C21H32ClIN6S. The van der Waals surface area contributed by atoms with E-state index in [0.717, 1.165) is 60.8 Å². The number of aliphatic imine (C=N–C) groups is 1. The van der Waals surface area contributed by atoms with E-state index in [1.165, 1.54) is 5.56 Å². The Balaban J connectivity index is 0.00000320. The number of benzene rings is 1. The highest BCUT2D eigenvalue weighted by Crippen LogP contribution is 2.19. The Morgan fingerprint density at radius 1 is 1.27 bits per heavy atom. The largest absolute Gasteiger partial charge is 0.357 e. The van der Waals surface area contributed by atoms with Gasteiger partial charge in [0, 0.05) is 56.7 Å².